The van der Waals surface area contributed by atoms with Crippen molar-refractivity contribution in [1.82, 2.24) is 0 Å². The molecule has 0 amide bonds. The monoisotopic (exact) mass is 379 g/mol. The highest BCUT2D eigenvalue weighted by Crippen LogP contribution is 1.38. The molecule has 0 aromatic heterocycles. The number of hydrogen-bond acceptors (Lipinski definition) is 5. The maximum absolute atomic E-state index is 9.25. The van der Waals surface area contributed by atoms with Gasteiger partial charge in [0.05, 0.1) is 0 Å². The Hall–Kier alpha value is -1.97. The van der Waals surface area contributed by atoms with E-state index in [4.69, 9.17) is 0 Å². The van der Waals surface area contributed by atoms with Crippen LogP contribution in [0.25, 0.3) is 0 Å². The standard InChI is InChI=1S/C3H6.C3H4.C2H5NO.2C2H5N.3C2H6.2CH5N/c2*1-3-2;1-3(2)4;2*1-3-2;5*1-2/h3H,1H2,2H3;1H,2H3;1H2,2H3;2*1H2,2H3;3*1-2H3;2*2H2,1H3. The van der Waals surface area contributed by atoms with Crippen LogP contribution >= 0.6 is 0 Å². The van der Waals surface area contributed by atoms with E-state index in [0.29, 0.717) is 4.74 Å². The first-order valence-electron chi connectivity index (χ1n) is 8.40. The number of hydroxylamine groups is 1. The summed E-state index contributed by atoms with van der Waals surface area (Å²) in [7, 11) is 7.61. The molecular formula is C20H53N5O. The van der Waals surface area contributed by atoms with E-state index in [9.17, 15) is 5.21 Å². The summed E-state index contributed by atoms with van der Waals surface area (Å²) in [6.45, 7) is 28.0. The summed E-state index contributed by atoms with van der Waals surface area (Å²) in [5, 5.41) is 9.25. The minimum absolute atomic E-state index is 0.500. The lowest BCUT2D eigenvalue weighted by molar-refractivity contribution is -0.412. The molecule has 0 aliphatic heterocycles. The quantitative estimate of drug-likeness (QED) is 0.161. The molecule has 0 fully saturated rings. The number of nitrogens with zero attached hydrogens (tertiary/aromatic N) is 3. The van der Waals surface area contributed by atoms with Crippen LogP contribution in [0.5, 0.6) is 0 Å². The summed E-state index contributed by atoms with van der Waals surface area (Å²) in [6.07, 6.45) is 6.35. The molecule has 0 spiro atoms. The van der Waals surface area contributed by atoms with E-state index in [1.165, 1.54) is 21.1 Å². The highest BCUT2D eigenvalue weighted by Gasteiger charge is 1.43. The first-order valence-corrected chi connectivity index (χ1v) is 8.40. The topological polar surface area (TPSA) is 103 Å². The van der Waals surface area contributed by atoms with Gasteiger partial charge in [0.1, 0.15) is 13.8 Å². The van der Waals surface area contributed by atoms with E-state index in [2.05, 4.69) is 60.5 Å². The van der Waals surface area contributed by atoms with E-state index in [1.807, 2.05) is 48.5 Å². The van der Waals surface area contributed by atoms with Crippen LogP contribution in [0, 0.1) is 17.6 Å². The molecule has 0 atom stereocenters. The lowest BCUT2D eigenvalue weighted by Crippen LogP contribution is -1.82. The molecule has 6 heteroatoms. The van der Waals surface area contributed by atoms with Crippen LogP contribution in [0.4, 0.5) is 0 Å². The van der Waals surface area contributed by atoms with Gasteiger partial charge in [0.25, 0.3) is 0 Å². The molecule has 0 radical (unpaired) electrons. The Morgan fingerprint density at radius 2 is 0.923 bits per heavy atom. The lowest BCUT2D eigenvalue weighted by atomic mass is 10.8. The molecule has 0 aromatic rings. The van der Waals surface area contributed by atoms with Gasteiger partial charge in [-0.15, -0.1) is 18.9 Å². The molecule has 164 valence electrons. The smallest absolute Gasteiger partial charge is 0.142 e. The zero-order valence-electron chi connectivity index (χ0n) is 20.4. The molecule has 0 rings (SSSR count). The molecule has 0 aliphatic carbocycles. The molecule has 4 N–H and O–H groups in total. The molecule has 0 heterocycles. The van der Waals surface area contributed by atoms with Gasteiger partial charge in [0.15, 0.2) is 0 Å². The van der Waals surface area contributed by atoms with E-state index in [-0.39, 0.29) is 0 Å². The van der Waals surface area contributed by atoms with Crippen LogP contribution < -0.4 is 11.5 Å². The molecule has 0 aromatic carbocycles. The van der Waals surface area contributed by atoms with Crippen molar-refractivity contribution >= 4 is 20.2 Å². The molecule has 0 saturated heterocycles. The number of rotatable bonds is 0. The third-order valence-corrected chi connectivity index (χ3v) is 0. The van der Waals surface area contributed by atoms with Crippen LogP contribution in [-0.4, -0.2) is 60.1 Å². The predicted octanol–water partition coefficient (Wildman–Crippen LogP) is 4.52. The molecule has 0 aliphatic rings. The number of nitrogens with two attached hydrogens (primary N) is 2. The Labute approximate surface area is 167 Å². The van der Waals surface area contributed by atoms with Gasteiger partial charge >= 0.3 is 0 Å². The van der Waals surface area contributed by atoms with Crippen molar-refractivity contribution in [2.24, 2.45) is 21.5 Å². The number of hydrogen-bond donors (Lipinski definition) is 2. The van der Waals surface area contributed by atoms with Crippen LogP contribution in [0.15, 0.2) is 22.6 Å². The Morgan fingerprint density at radius 1 is 0.923 bits per heavy atom. The predicted molar refractivity (Wildman–Crippen MR) is 132 cm³/mol. The third kappa shape index (κ3) is 2510. The second-order valence-corrected chi connectivity index (χ2v) is 1.96. The molecule has 0 bridgehead atoms. The van der Waals surface area contributed by atoms with Crippen LogP contribution in [0.1, 0.15) is 55.4 Å². The second kappa shape index (κ2) is 442. The Balaban J connectivity index is -0.0000000139. The highest BCUT2D eigenvalue weighted by molar-refractivity contribution is 5.22. The fourth-order valence-corrected chi connectivity index (χ4v) is 0. The van der Waals surface area contributed by atoms with E-state index in [0.717, 1.165) is 0 Å². The molecule has 0 unspecified atom stereocenters. The van der Waals surface area contributed by atoms with Crippen molar-refractivity contribution in [1.29, 1.82) is 0 Å². The number of allylic oxidation sites excluding steroid dienone is 1. The van der Waals surface area contributed by atoms with Crippen molar-refractivity contribution in [2.45, 2.75) is 55.4 Å². The van der Waals surface area contributed by atoms with Crippen molar-refractivity contribution in [3.05, 3.63) is 17.9 Å². The summed E-state index contributed by atoms with van der Waals surface area (Å²) in [5.41, 5.74) is 9.00. The van der Waals surface area contributed by atoms with E-state index >= 15 is 0 Å². The van der Waals surface area contributed by atoms with Gasteiger partial charge in [-0.1, -0.05) is 47.6 Å². The average Bonchev–Trinajstić information content (AvgIpc) is 2.65. The summed E-state index contributed by atoms with van der Waals surface area (Å²) < 4.78 is 0.500. The van der Waals surface area contributed by atoms with Crippen molar-refractivity contribution in [3.63, 3.8) is 0 Å². The van der Waals surface area contributed by atoms with Crippen LogP contribution in [0.2, 0.25) is 0 Å². The van der Waals surface area contributed by atoms with Crippen molar-refractivity contribution < 1.29 is 4.74 Å². The minimum Gasteiger partial charge on any atom is -0.624 e. The van der Waals surface area contributed by atoms with Gasteiger partial charge in [0, 0.05) is 14.1 Å². The summed E-state index contributed by atoms with van der Waals surface area (Å²) >= 11 is 0. The van der Waals surface area contributed by atoms with Gasteiger partial charge in [0.2, 0.25) is 0 Å². The van der Waals surface area contributed by atoms with E-state index in [1.54, 1.807) is 27.1 Å². The summed E-state index contributed by atoms with van der Waals surface area (Å²) in [5.74, 6) is 2.25. The van der Waals surface area contributed by atoms with Gasteiger partial charge in [-0.2, -0.15) is 0 Å². The largest absolute Gasteiger partial charge is 0.624 e. The molecule has 0 saturated carbocycles. The van der Waals surface area contributed by atoms with Gasteiger partial charge < -0.3 is 26.7 Å². The fourth-order valence-electron chi connectivity index (χ4n) is 0. The second-order valence-electron chi connectivity index (χ2n) is 1.96. The van der Waals surface area contributed by atoms with Crippen molar-refractivity contribution in [2.75, 3.05) is 35.2 Å². The van der Waals surface area contributed by atoms with Crippen molar-refractivity contribution in [3.8, 4) is 12.3 Å². The molecule has 6 nitrogen and oxygen atoms in total. The third-order valence-electron chi connectivity index (χ3n) is 0. The highest BCUT2D eigenvalue weighted by atomic mass is 16.5. The van der Waals surface area contributed by atoms with Crippen LogP contribution in [0.3, 0.4) is 0 Å². The zero-order chi connectivity index (χ0) is 24.4. The lowest BCUT2D eigenvalue weighted by Gasteiger charge is -1.82. The number of aliphatic imine (C=N–C) groups is 2. The van der Waals surface area contributed by atoms with Gasteiger partial charge in [-0.05, 0) is 41.4 Å². The normalized spacial score (nSPS) is 3.92. The maximum atomic E-state index is 9.25. The Morgan fingerprint density at radius 3 is 0.923 bits per heavy atom. The zero-order valence-corrected chi connectivity index (χ0v) is 20.4. The minimum atomic E-state index is 0.500. The summed E-state index contributed by atoms with van der Waals surface area (Å²) in [4.78, 5) is 6.50. The SMILES string of the molecule is C#CC.C=CC.C=NC.C=NC.C=[N+](C)[O-].CC.CC.CC.CN.CN. The first kappa shape index (κ1) is 64.7. The van der Waals surface area contributed by atoms with Crippen LogP contribution in [-0.2, 0) is 0 Å². The number of terminal acetylenes is 1. The average molecular weight is 380 g/mol. The van der Waals surface area contributed by atoms with Gasteiger partial charge in [-0.3, -0.25) is 0 Å². The molecular weight excluding hydrogens is 326 g/mol. The fraction of sp³-hybridized carbons (Fsp3) is 0.650. The Kier molecular flexibility index (Phi) is 1100. The summed E-state index contributed by atoms with van der Waals surface area (Å²) in [6, 6.07) is 0. The Bertz CT molecular complexity index is 171. The van der Waals surface area contributed by atoms with E-state index < -0.39 is 0 Å². The molecule has 26 heavy (non-hydrogen) atoms. The first-order chi connectivity index (χ1) is 12.4. The maximum Gasteiger partial charge on any atom is 0.142 e. The van der Waals surface area contributed by atoms with Gasteiger partial charge in [-0.25, -0.2) is 4.74 Å².